The minimum absolute atomic E-state index is 0.167. The third-order valence-corrected chi connectivity index (χ3v) is 5.49. The minimum Gasteiger partial charge on any atom is -0.377 e. The average molecular weight is 280 g/mol. The van der Waals surface area contributed by atoms with Crippen LogP contribution in [-0.2, 0) is 9.53 Å². The van der Waals surface area contributed by atoms with E-state index in [1.165, 1.54) is 45.3 Å². The first-order chi connectivity index (χ1) is 9.63. The van der Waals surface area contributed by atoms with E-state index in [4.69, 9.17) is 4.74 Å². The van der Waals surface area contributed by atoms with Gasteiger partial charge in [0.2, 0.25) is 5.91 Å². The van der Waals surface area contributed by atoms with Gasteiger partial charge in [-0.1, -0.05) is 6.42 Å². The van der Waals surface area contributed by atoms with Crippen LogP contribution in [0.25, 0.3) is 0 Å². The highest BCUT2D eigenvalue weighted by molar-refractivity contribution is 5.76. The summed E-state index contributed by atoms with van der Waals surface area (Å²) < 4.78 is 5.94. The molecule has 0 aromatic carbocycles. The zero-order valence-corrected chi connectivity index (χ0v) is 12.9. The zero-order chi connectivity index (χ0) is 14.1. The summed E-state index contributed by atoms with van der Waals surface area (Å²) in [6.07, 6.45) is 6.24. The Morgan fingerprint density at radius 1 is 1.30 bits per heavy atom. The zero-order valence-electron chi connectivity index (χ0n) is 12.9. The molecule has 0 bridgehead atoms. The van der Waals surface area contributed by atoms with Crippen molar-refractivity contribution >= 4 is 5.91 Å². The Hall–Kier alpha value is -0.610. The lowest BCUT2D eigenvalue weighted by Gasteiger charge is -2.39. The predicted octanol–water partition coefficient (Wildman–Crippen LogP) is 1.60. The Balaban J connectivity index is 1.49. The Bertz CT molecular complexity index is 354. The van der Waals surface area contributed by atoms with Crippen molar-refractivity contribution in [2.75, 3.05) is 40.3 Å². The fraction of sp³-hybridized carbons (Fsp3) is 0.938. The van der Waals surface area contributed by atoms with Crippen LogP contribution in [0.4, 0.5) is 0 Å². The molecule has 0 N–H and O–H groups in total. The molecule has 20 heavy (non-hydrogen) atoms. The highest BCUT2D eigenvalue weighted by Gasteiger charge is 2.42. The molecule has 114 valence electrons. The number of carbonyl (C=O) groups excluding carboxylic acids is 1. The maximum absolute atomic E-state index is 11.9. The van der Waals surface area contributed by atoms with Crippen LogP contribution in [0, 0.1) is 17.8 Å². The first-order valence-corrected chi connectivity index (χ1v) is 8.17. The van der Waals surface area contributed by atoms with E-state index < -0.39 is 0 Å². The van der Waals surface area contributed by atoms with E-state index >= 15 is 0 Å². The van der Waals surface area contributed by atoms with Gasteiger partial charge in [-0.15, -0.1) is 0 Å². The van der Waals surface area contributed by atoms with Crippen molar-refractivity contribution in [2.24, 2.45) is 17.8 Å². The standard InChI is InChI=1S/C16H28N2O2/c1-17(2)16(19)8-15-14-6-7-18(9-12-4-3-5-12)10-13(14)11-20-15/h12-15H,3-11H2,1-2H3/t13-,14-,15-/m1/s1. The summed E-state index contributed by atoms with van der Waals surface area (Å²) in [7, 11) is 3.66. The van der Waals surface area contributed by atoms with Crippen molar-refractivity contribution in [1.29, 1.82) is 0 Å². The van der Waals surface area contributed by atoms with Crippen LogP contribution < -0.4 is 0 Å². The lowest BCUT2D eigenvalue weighted by atomic mass is 9.81. The summed E-state index contributed by atoms with van der Waals surface area (Å²) in [5.74, 6) is 2.42. The van der Waals surface area contributed by atoms with Gasteiger partial charge in [0.1, 0.15) is 0 Å². The third kappa shape index (κ3) is 3.01. The van der Waals surface area contributed by atoms with Gasteiger partial charge in [0.15, 0.2) is 0 Å². The quantitative estimate of drug-likeness (QED) is 0.784. The molecule has 4 nitrogen and oxygen atoms in total. The fourth-order valence-corrected chi connectivity index (χ4v) is 3.93. The molecule has 0 aromatic rings. The van der Waals surface area contributed by atoms with E-state index in [1.54, 1.807) is 4.90 Å². The number of amides is 1. The van der Waals surface area contributed by atoms with Crippen molar-refractivity contribution in [2.45, 2.75) is 38.2 Å². The molecule has 1 aliphatic carbocycles. The van der Waals surface area contributed by atoms with Gasteiger partial charge in [-0.25, -0.2) is 0 Å². The molecule has 1 saturated carbocycles. The van der Waals surface area contributed by atoms with Gasteiger partial charge in [0, 0.05) is 33.1 Å². The van der Waals surface area contributed by atoms with Gasteiger partial charge in [0.25, 0.3) is 0 Å². The van der Waals surface area contributed by atoms with Crippen molar-refractivity contribution in [3.8, 4) is 0 Å². The highest BCUT2D eigenvalue weighted by Crippen LogP contribution is 2.37. The topological polar surface area (TPSA) is 32.8 Å². The third-order valence-electron chi connectivity index (χ3n) is 5.49. The van der Waals surface area contributed by atoms with E-state index in [-0.39, 0.29) is 12.0 Å². The molecule has 0 spiro atoms. The van der Waals surface area contributed by atoms with E-state index in [0.717, 1.165) is 12.5 Å². The Morgan fingerprint density at radius 3 is 2.75 bits per heavy atom. The predicted molar refractivity (Wildman–Crippen MR) is 78.4 cm³/mol. The molecule has 2 saturated heterocycles. The molecular formula is C16H28N2O2. The summed E-state index contributed by atoms with van der Waals surface area (Å²) in [5, 5.41) is 0. The number of hydrogen-bond donors (Lipinski definition) is 0. The van der Waals surface area contributed by atoms with Crippen molar-refractivity contribution in [3.05, 3.63) is 0 Å². The van der Waals surface area contributed by atoms with Crippen molar-refractivity contribution < 1.29 is 9.53 Å². The number of ether oxygens (including phenoxy) is 1. The minimum atomic E-state index is 0.167. The second-order valence-corrected chi connectivity index (χ2v) is 7.13. The van der Waals surface area contributed by atoms with Gasteiger partial charge in [-0.2, -0.15) is 0 Å². The second-order valence-electron chi connectivity index (χ2n) is 7.13. The number of piperidine rings is 1. The molecule has 3 atom stereocenters. The van der Waals surface area contributed by atoms with Crippen LogP contribution in [0.5, 0.6) is 0 Å². The van der Waals surface area contributed by atoms with Crippen LogP contribution >= 0.6 is 0 Å². The Kier molecular flexibility index (Phi) is 4.32. The first kappa shape index (κ1) is 14.3. The largest absolute Gasteiger partial charge is 0.377 e. The van der Waals surface area contributed by atoms with Crippen molar-refractivity contribution in [3.63, 3.8) is 0 Å². The number of fused-ring (bicyclic) bond motifs is 1. The number of carbonyl (C=O) groups is 1. The van der Waals surface area contributed by atoms with Gasteiger partial charge in [0.05, 0.1) is 19.1 Å². The molecule has 4 heteroatoms. The molecule has 3 rings (SSSR count). The molecule has 2 aliphatic heterocycles. The fourth-order valence-electron chi connectivity index (χ4n) is 3.93. The number of hydrogen-bond acceptors (Lipinski definition) is 3. The molecule has 3 fully saturated rings. The van der Waals surface area contributed by atoms with Crippen molar-refractivity contribution in [1.82, 2.24) is 9.80 Å². The number of rotatable bonds is 4. The summed E-state index contributed by atoms with van der Waals surface area (Å²) in [6, 6.07) is 0. The molecular weight excluding hydrogens is 252 g/mol. The van der Waals surface area contributed by atoms with E-state index in [1.807, 2.05) is 14.1 Å². The summed E-state index contributed by atoms with van der Waals surface area (Å²) in [5.41, 5.74) is 0. The van der Waals surface area contributed by atoms with Gasteiger partial charge >= 0.3 is 0 Å². The SMILES string of the molecule is CN(C)C(=O)C[C@H]1OC[C@H]2CN(CC3CCC3)CC[C@H]21. The van der Waals surface area contributed by atoms with Gasteiger partial charge < -0.3 is 14.5 Å². The van der Waals surface area contributed by atoms with E-state index in [2.05, 4.69) is 4.90 Å². The van der Waals surface area contributed by atoms with Crippen LogP contribution in [-0.4, -0.2) is 62.1 Å². The van der Waals surface area contributed by atoms with Crippen LogP contribution in [0.15, 0.2) is 0 Å². The summed E-state index contributed by atoms with van der Waals surface area (Å²) >= 11 is 0. The lowest BCUT2D eigenvalue weighted by molar-refractivity contribution is -0.131. The van der Waals surface area contributed by atoms with Gasteiger partial charge in [-0.3, -0.25) is 4.79 Å². The Morgan fingerprint density at radius 2 is 2.10 bits per heavy atom. The summed E-state index contributed by atoms with van der Waals surface area (Å²) in [6.45, 7) is 4.54. The maximum Gasteiger partial charge on any atom is 0.224 e. The molecule has 0 aromatic heterocycles. The van der Waals surface area contributed by atoms with E-state index in [0.29, 0.717) is 18.3 Å². The normalized spacial score (nSPS) is 34.6. The molecule has 1 amide bonds. The van der Waals surface area contributed by atoms with E-state index in [9.17, 15) is 4.79 Å². The highest BCUT2D eigenvalue weighted by atomic mass is 16.5. The lowest BCUT2D eigenvalue weighted by Crippen LogP contribution is -2.44. The average Bonchev–Trinajstić information content (AvgIpc) is 2.76. The molecule has 0 radical (unpaired) electrons. The van der Waals surface area contributed by atoms with Crippen LogP contribution in [0.1, 0.15) is 32.1 Å². The molecule has 2 heterocycles. The number of likely N-dealkylation sites (tertiary alicyclic amines) is 1. The van der Waals surface area contributed by atoms with Crippen LogP contribution in [0.3, 0.4) is 0 Å². The molecule has 0 unspecified atom stereocenters. The maximum atomic E-state index is 11.9. The summed E-state index contributed by atoms with van der Waals surface area (Å²) in [4.78, 5) is 16.2. The Labute approximate surface area is 122 Å². The number of nitrogens with zero attached hydrogens (tertiary/aromatic N) is 2. The molecule has 3 aliphatic rings. The monoisotopic (exact) mass is 280 g/mol. The smallest absolute Gasteiger partial charge is 0.224 e. The first-order valence-electron chi connectivity index (χ1n) is 8.17. The van der Waals surface area contributed by atoms with Gasteiger partial charge in [-0.05, 0) is 37.6 Å². The van der Waals surface area contributed by atoms with Crippen LogP contribution in [0.2, 0.25) is 0 Å². The second kappa shape index (κ2) is 6.02.